The largest absolute Gasteiger partial charge is 0.497 e. The lowest BCUT2D eigenvalue weighted by Gasteiger charge is -2.39. The molecule has 4 atom stereocenters. The number of amides is 2. The maximum Gasteiger partial charge on any atom is 0.294 e. The van der Waals surface area contributed by atoms with E-state index in [0.717, 1.165) is 4.90 Å². The molecule has 2 aliphatic carbocycles. The molecule has 0 radical (unpaired) electrons. The molecule has 1 heterocycles. The summed E-state index contributed by atoms with van der Waals surface area (Å²) >= 11 is 3.29. The zero-order valence-corrected chi connectivity index (χ0v) is 29.0. The van der Waals surface area contributed by atoms with Crippen molar-refractivity contribution < 1.29 is 28.8 Å². The summed E-state index contributed by atoms with van der Waals surface area (Å²) in [6, 6.07) is 37.1. The Morgan fingerprint density at radius 3 is 1.47 bits per heavy atom. The number of carbonyl (C=O) groups excluding carboxylic acids is 3. The summed E-state index contributed by atoms with van der Waals surface area (Å²) in [7, 11) is 3.13. The van der Waals surface area contributed by atoms with Crippen molar-refractivity contribution in [3.63, 3.8) is 0 Å². The van der Waals surface area contributed by atoms with Gasteiger partial charge < -0.3 is 9.47 Å². The first-order valence-corrected chi connectivity index (χ1v) is 17.0. The summed E-state index contributed by atoms with van der Waals surface area (Å²) in [4.78, 5) is 59.2. The van der Waals surface area contributed by atoms with Gasteiger partial charge in [-0.15, -0.1) is 0 Å². The number of carbonyl (C=O) groups is 3. The maximum atomic E-state index is 16.1. The van der Waals surface area contributed by atoms with Crippen molar-refractivity contribution in [1.29, 1.82) is 0 Å². The number of anilines is 1. The molecule has 8 rings (SSSR count). The van der Waals surface area contributed by atoms with E-state index in [1.807, 2.05) is 84.9 Å². The zero-order chi connectivity index (χ0) is 35.7. The minimum Gasteiger partial charge on any atom is -0.497 e. The van der Waals surface area contributed by atoms with Gasteiger partial charge in [-0.05, 0) is 69.8 Å². The van der Waals surface area contributed by atoms with Crippen LogP contribution in [-0.4, -0.2) is 36.7 Å². The standard InChI is InChI=1S/C41H29BrN2O7/c1-50-29-18-13-24(14-19-29)33-34(25-15-20-30(51-2)21-16-25)41(27-11-7-4-8-12-27)36-35(40(33,39(41)47)26-9-5-3-6-10-26)37(45)43(38(36)46)31-22-17-28(42)23-32(31)44(48)49/h3-23,35-36H,1-2H3/t35-,36+,40-,41-/m0/s1. The lowest BCUT2D eigenvalue weighted by Crippen LogP contribution is -2.45. The molecule has 0 N–H and O–H groups in total. The highest BCUT2D eigenvalue weighted by molar-refractivity contribution is 9.10. The van der Waals surface area contributed by atoms with Crippen LogP contribution in [0.5, 0.6) is 11.5 Å². The Labute approximate surface area is 301 Å². The number of nitro groups is 1. The Morgan fingerprint density at radius 2 is 1.08 bits per heavy atom. The Morgan fingerprint density at radius 1 is 0.647 bits per heavy atom. The van der Waals surface area contributed by atoms with Crippen molar-refractivity contribution in [2.45, 2.75) is 10.8 Å². The number of allylic oxidation sites excluding steroid dienone is 2. The number of halogens is 1. The molecule has 252 valence electrons. The Hall–Kier alpha value is -5.87. The van der Waals surface area contributed by atoms with Gasteiger partial charge in [0.1, 0.15) is 17.2 Å². The molecular weight excluding hydrogens is 712 g/mol. The van der Waals surface area contributed by atoms with Crippen molar-refractivity contribution in [2.75, 3.05) is 19.1 Å². The number of benzene rings is 5. The molecule has 0 aromatic heterocycles. The van der Waals surface area contributed by atoms with Crippen LogP contribution in [-0.2, 0) is 25.2 Å². The molecule has 2 amide bonds. The Kier molecular flexibility index (Phi) is 7.53. The summed E-state index contributed by atoms with van der Waals surface area (Å²) in [5.41, 5.74) is -0.291. The third kappa shape index (κ3) is 4.29. The monoisotopic (exact) mass is 740 g/mol. The van der Waals surface area contributed by atoms with Gasteiger partial charge in [0, 0.05) is 10.5 Å². The normalized spacial score (nSPS) is 23.5. The van der Waals surface area contributed by atoms with E-state index in [1.54, 1.807) is 44.6 Å². The molecule has 10 heteroatoms. The first kappa shape index (κ1) is 32.3. The smallest absolute Gasteiger partial charge is 0.294 e. The fourth-order valence-corrected chi connectivity index (χ4v) is 9.06. The van der Waals surface area contributed by atoms with Gasteiger partial charge in [0.05, 0.1) is 41.8 Å². The number of ether oxygens (including phenoxy) is 2. The molecule has 51 heavy (non-hydrogen) atoms. The molecule has 9 nitrogen and oxygen atoms in total. The number of rotatable bonds is 8. The van der Waals surface area contributed by atoms with Crippen molar-refractivity contribution in [3.8, 4) is 11.5 Å². The van der Waals surface area contributed by atoms with Crippen LogP contribution in [0.1, 0.15) is 22.3 Å². The number of methoxy groups -OCH3 is 2. The molecular formula is C41H29BrN2O7. The third-order valence-electron chi connectivity index (χ3n) is 10.6. The highest BCUT2D eigenvalue weighted by Crippen LogP contribution is 2.74. The van der Waals surface area contributed by atoms with E-state index in [-0.39, 0.29) is 11.5 Å². The summed E-state index contributed by atoms with van der Waals surface area (Å²) < 4.78 is 11.4. The number of hydrogen-bond acceptors (Lipinski definition) is 7. The van der Waals surface area contributed by atoms with Gasteiger partial charge in [0.15, 0.2) is 5.78 Å². The van der Waals surface area contributed by atoms with Crippen LogP contribution in [0.4, 0.5) is 11.4 Å². The fourth-order valence-electron chi connectivity index (χ4n) is 8.71. The van der Waals surface area contributed by atoms with Gasteiger partial charge in [-0.25, -0.2) is 4.90 Å². The summed E-state index contributed by atoms with van der Waals surface area (Å²) in [5.74, 6) is -2.92. The fraction of sp³-hybridized carbons (Fsp3) is 0.146. The van der Waals surface area contributed by atoms with E-state index in [4.69, 9.17) is 9.47 Å². The van der Waals surface area contributed by atoms with Gasteiger partial charge in [-0.2, -0.15) is 0 Å². The second kappa shape index (κ2) is 11.9. The van der Waals surface area contributed by atoms with E-state index in [0.29, 0.717) is 49.4 Å². The molecule has 0 unspecified atom stereocenters. The number of nitrogens with zero attached hydrogens (tertiary/aromatic N) is 2. The number of ketones is 1. The van der Waals surface area contributed by atoms with E-state index in [9.17, 15) is 10.1 Å². The van der Waals surface area contributed by atoms with Gasteiger partial charge in [-0.1, -0.05) is 101 Å². The topological polar surface area (TPSA) is 116 Å². The summed E-state index contributed by atoms with van der Waals surface area (Å²) in [6.45, 7) is 0. The van der Waals surface area contributed by atoms with Gasteiger partial charge >= 0.3 is 0 Å². The van der Waals surface area contributed by atoms with Crippen LogP contribution in [0.25, 0.3) is 11.1 Å². The highest BCUT2D eigenvalue weighted by atomic mass is 79.9. The molecule has 5 aromatic carbocycles. The van der Waals surface area contributed by atoms with Gasteiger partial charge in [0.25, 0.3) is 5.69 Å². The SMILES string of the molecule is COc1ccc(C2=C(c3ccc(OC)cc3)[C@]3(c4ccccc4)C(=O)[C@]2(c2ccccc2)[C@@H]2C(=O)N(c4ccc(Br)cc4[N+](=O)[O-])C(=O)[C@@H]23)cc1. The van der Waals surface area contributed by atoms with Crippen molar-refractivity contribution in [3.05, 3.63) is 164 Å². The Bertz CT molecular complexity index is 2160. The first-order chi connectivity index (χ1) is 24.7. The Balaban J connectivity index is 1.54. The van der Waals surface area contributed by atoms with Crippen LogP contribution in [0.2, 0.25) is 0 Å². The molecule has 0 spiro atoms. The van der Waals surface area contributed by atoms with Crippen molar-refractivity contribution in [1.82, 2.24) is 0 Å². The van der Waals surface area contributed by atoms with E-state index in [2.05, 4.69) is 15.9 Å². The van der Waals surface area contributed by atoms with Crippen LogP contribution in [0, 0.1) is 22.0 Å². The number of nitro benzene ring substituents is 1. The van der Waals surface area contributed by atoms with E-state index < -0.39 is 45.1 Å². The summed E-state index contributed by atoms with van der Waals surface area (Å²) in [5, 5.41) is 12.4. The second-order valence-corrected chi connectivity index (χ2v) is 13.7. The average molecular weight is 742 g/mol. The molecule has 2 fully saturated rings. The molecule has 1 aliphatic heterocycles. The van der Waals surface area contributed by atoms with E-state index >= 15 is 14.4 Å². The van der Waals surface area contributed by atoms with Gasteiger partial charge in [0.2, 0.25) is 11.8 Å². The lowest BCUT2D eigenvalue weighted by atomic mass is 9.59. The molecule has 2 bridgehead atoms. The van der Waals surface area contributed by atoms with Crippen LogP contribution in [0.15, 0.2) is 132 Å². The van der Waals surface area contributed by atoms with Crippen molar-refractivity contribution >= 4 is 56.0 Å². The number of fused-ring (bicyclic) bond motifs is 5. The quantitative estimate of drug-likeness (QED) is 0.0916. The lowest BCUT2D eigenvalue weighted by molar-refractivity contribution is -0.384. The minimum atomic E-state index is -1.67. The first-order valence-electron chi connectivity index (χ1n) is 16.2. The maximum absolute atomic E-state index is 16.1. The average Bonchev–Trinajstić information content (AvgIpc) is 3.67. The molecule has 1 saturated heterocycles. The summed E-state index contributed by atoms with van der Waals surface area (Å²) in [6.07, 6.45) is 0. The van der Waals surface area contributed by atoms with Crippen LogP contribution < -0.4 is 14.4 Å². The molecule has 1 saturated carbocycles. The van der Waals surface area contributed by atoms with Crippen molar-refractivity contribution in [2.24, 2.45) is 11.8 Å². The number of Topliss-reactive ketones (excluding diaryl/α,β-unsaturated/α-hetero) is 1. The molecule has 5 aromatic rings. The minimum absolute atomic E-state index is 0.150. The van der Waals surface area contributed by atoms with Gasteiger partial charge in [-0.3, -0.25) is 24.5 Å². The highest BCUT2D eigenvalue weighted by Gasteiger charge is 2.83. The van der Waals surface area contributed by atoms with E-state index in [1.165, 1.54) is 12.1 Å². The zero-order valence-electron chi connectivity index (χ0n) is 27.4. The van der Waals surface area contributed by atoms with Crippen LogP contribution in [0.3, 0.4) is 0 Å². The van der Waals surface area contributed by atoms with Crippen LogP contribution >= 0.6 is 15.9 Å². The number of hydrogen-bond donors (Lipinski definition) is 0. The third-order valence-corrected chi connectivity index (χ3v) is 11.1. The predicted octanol–water partition coefficient (Wildman–Crippen LogP) is 7.56. The number of imide groups is 1. The molecule has 3 aliphatic rings. The predicted molar refractivity (Wildman–Crippen MR) is 194 cm³/mol. The second-order valence-electron chi connectivity index (χ2n) is 12.7.